The molecule has 152 valence electrons. The second-order valence-electron chi connectivity index (χ2n) is 7.14. The van der Waals surface area contributed by atoms with Gasteiger partial charge in [0.15, 0.2) is 0 Å². The van der Waals surface area contributed by atoms with Gasteiger partial charge in [-0.15, -0.1) is 0 Å². The summed E-state index contributed by atoms with van der Waals surface area (Å²) < 4.78 is 5.36. The number of carbonyl (C=O) groups is 3. The lowest BCUT2D eigenvalue weighted by atomic mass is 9.93. The number of anilines is 1. The molecule has 4 amide bonds. The number of nitrogens with zero attached hydrogens (tertiary/aromatic N) is 1. The predicted molar refractivity (Wildman–Crippen MR) is 110 cm³/mol. The fourth-order valence-corrected chi connectivity index (χ4v) is 3.24. The molecule has 7 heteroatoms. The van der Waals surface area contributed by atoms with Gasteiger partial charge in [0.05, 0.1) is 6.61 Å². The van der Waals surface area contributed by atoms with E-state index in [1.165, 1.54) is 0 Å². The number of carbonyl (C=O) groups excluding carboxylic acids is 3. The maximum absolute atomic E-state index is 12.8. The minimum Gasteiger partial charge on any atom is -0.494 e. The van der Waals surface area contributed by atoms with Crippen molar-refractivity contribution in [1.82, 2.24) is 10.2 Å². The van der Waals surface area contributed by atoms with E-state index in [-0.39, 0.29) is 12.5 Å². The highest BCUT2D eigenvalue weighted by molar-refractivity contribution is 6.09. The third kappa shape index (κ3) is 4.93. The quantitative estimate of drug-likeness (QED) is 0.673. The van der Waals surface area contributed by atoms with Gasteiger partial charge in [0, 0.05) is 5.69 Å². The number of nitrogens with one attached hydrogen (secondary N) is 2. The van der Waals surface area contributed by atoms with Crippen LogP contribution >= 0.6 is 0 Å². The van der Waals surface area contributed by atoms with Crippen molar-refractivity contribution in [1.29, 1.82) is 0 Å². The van der Waals surface area contributed by atoms with E-state index in [9.17, 15) is 14.4 Å². The molecule has 0 saturated carbocycles. The van der Waals surface area contributed by atoms with E-state index in [0.29, 0.717) is 30.9 Å². The van der Waals surface area contributed by atoms with Crippen LogP contribution in [0, 0.1) is 0 Å². The third-order valence-corrected chi connectivity index (χ3v) is 4.85. The van der Waals surface area contributed by atoms with Gasteiger partial charge >= 0.3 is 6.03 Å². The number of aryl methyl sites for hydroxylation is 1. The van der Waals surface area contributed by atoms with Gasteiger partial charge in [-0.1, -0.05) is 30.3 Å². The van der Waals surface area contributed by atoms with Crippen molar-refractivity contribution >= 4 is 23.5 Å². The molecule has 3 rings (SSSR count). The average molecular weight is 395 g/mol. The minimum atomic E-state index is -1.02. The summed E-state index contributed by atoms with van der Waals surface area (Å²) in [5, 5.41) is 5.43. The number of ether oxygens (including phenoxy) is 1. The van der Waals surface area contributed by atoms with Gasteiger partial charge in [0.25, 0.3) is 5.91 Å². The summed E-state index contributed by atoms with van der Waals surface area (Å²) >= 11 is 0. The Bertz CT molecular complexity index is 883. The second kappa shape index (κ2) is 8.77. The molecule has 7 nitrogen and oxygen atoms in total. The third-order valence-electron chi connectivity index (χ3n) is 4.85. The molecule has 1 unspecified atom stereocenters. The average Bonchev–Trinajstić information content (AvgIpc) is 2.92. The molecule has 0 aliphatic carbocycles. The topological polar surface area (TPSA) is 87.7 Å². The molecule has 0 spiro atoms. The Morgan fingerprint density at radius 2 is 1.79 bits per heavy atom. The number of rotatable bonds is 8. The molecule has 29 heavy (non-hydrogen) atoms. The van der Waals surface area contributed by atoms with Crippen molar-refractivity contribution in [2.45, 2.75) is 32.2 Å². The Morgan fingerprint density at radius 3 is 2.45 bits per heavy atom. The lowest BCUT2D eigenvalue weighted by molar-refractivity contribution is -0.133. The molecule has 1 fully saturated rings. The maximum atomic E-state index is 12.8. The molecule has 2 aromatic carbocycles. The number of benzene rings is 2. The largest absolute Gasteiger partial charge is 0.494 e. The summed E-state index contributed by atoms with van der Waals surface area (Å²) in [7, 11) is 0. The van der Waals surface area contributed by atoms with Gasteiger partial charge < -0.3 is 15.4 Å². The molecule has 1 atom stereocenters. The highest BCUT2D eigenvalue weighted by Crippen LogP contribution is 2.23. The van der Waals surface area contributed by atoms with Crippen molar-refractivity contribution in [2.75, 3.05) is 18.5 Å². The van der Waals surface area contributed by atoms with Gasteiger partial charge in [-0.3, -0.25) is 14.5 Å². The normalized spacial score (nSPS) is 18.5. The Kier molecular flexibility index (Phi) is 6.16. The Hall–Kier alpha value is -3.35. The molecule has 0 bridgehead atoms. The Balaban J connectivity index is 1.58. The number of amides is 4. The van der Waals surface area contributed by atoms with Crippen LogP contribution in [-0.2, 0) is 16.0 Å². The summed E-state index contributed by atoms with van der Waals surface area (Å²) in [5.41, 5.74) is 0.631. The molecular formula is C22H25N3O4. The van der Waals surface area contributed by atoms with Crippen molar-refractivity contribution < 1.29 is 19.1 Å². The molecule has 1 aliphatic rings. The van der Waals surface area contributed by atoms with E-state index >= 15 is 0 Å². The standard InChI is InChI=1S/C22H25N3O4/c1-3-29-18-11-9-17(10-12-18)23-19(26)15-25-20(27)22(2,24-21(25)28)14-13-16-7-5-4-6-8-16/h4-12H,3,13-15H2,1-2H3,(H,23,26)(H,24,28). The van der Waals surface area contributed by atoms with Crippen molar-refractivity contribution in [3.05, 3.63) is 60.2 Å². The second-order valence-corrected chi connectivity index (χ2v) is 7.14. The Labute approximate surface area is 170 Å². The molecule has 0 aromatic heterocycles. The van der Waals surface area contributed by atoms with Gasteiger partial charge in [0.2, 0.25) is 5.91 Å². The van der Waals surface area contributed by atoms with E-state index < -0.39 is 17.5 Å². The molecule has 0 radical (unpaired) electrons. The first-order valence-corrected chi connectivity index (χ1v) is 9.62. The van der Waals surface area contributed by atoms with Crippen LogP contribution in [0.4, 0.5) is 10.5 Å². The van der Waals surface area contributed by atoms with Crippen LogP contribution in [-0.4, -0.2) is 41.4 Å². The van der Waals surface area contributed by atoms with E-state index in [1.807, 2.05) is 37.3 Å². The fraction of sp³-hybridized carbons (Fsp3) is 0.318. The first-order chi connectivity index (χ1) is 13.9. The molecule has 2 aromatic rings. The zero-order valence-corrected chi connectivity index (χ0v) is 16.6. The summed E-state index contributed by atoms with van der Waals surface area (Å²) in [6.45, 7) is 3.81. The lowest BCUT2D eigenvalue weighted by Gasteiger charge is -2.21. The molecule has 1 aliphatic heterocycles. The fourth-order valence-electron chi connectivity index (χ4n) is 3.24. The van der Waals surface area contributed by atoms with Crippen LogP contribution in [0.25, 0.3) is 0 Å². The van der Waals surface area contributed by atoms with E-state index in [1.54, 1.807) is 31.2 Å². The minimum absolute atomic E-state index is 0.335. The molecule has 1 saturated heterocycles. The zero-order chi connectivity index (χ0) is 20.9. The Morgan fingerprint density at radius 1 is 1.10 bits per heavy atom. The van der Waals surface area contributed by atoms with Crippen LogP contribution in [0.5, 0.6) is 5.75 Å². The van der Waals surface area contributed by atoms with Crippen molar-refractivity contribution in [3.63, 3.8) is 0 Å². The van der Waals surface area contributed by atoms with E-state index in [4.69, 9.17) is 4.74 Å². The maximum Gasteiger partial charge on any atom is 0.325 e. The van der Waals surface area contributed by atoms with Crippen LogP contribution < -0.4 is 15.4 Å². The van der Waals surface area contributed by atoms with Crippen LogP contribution in [0.2, 0.25) is 0 Å². The first-order valence-electron chi connectivity index (χ1n) is 9.62. The summed E-state index contributed by atoms with van der Waals surface area (Å²) in [6, 6.07) is 16.1. The SMILES string of the molecule is CCOc1ccc(NC(=O)CN2C(=O)NC(C)(CCc3ccccc3)C2=O)cc1. The molecule has 1 heterocycles. The van der Waals surface area contributed by atoms with E-state index in [2.05, 4.69) is 10.6 Å². The van der Waals surface area contributed by atoms with Gasteiger partial charge in [-0.05, 0) is 56.5 Å². The zero-order valence-electron chi connectivity index (χ0n) is 16.6. The number of urea groups is 1. The van der Waals surface area contributed by atoms with Gasteiger partial charge in [-0.2, -0.15) is 0 Å². The molecular weight excluding hydrogens is 370 g/mol. The van der Waals surface area contributed by atoms with Crippen LogP contribution in [0.1, 0.15) is 25.8 Å². The van der Waals surface area contributed by atoms with Crippen LogP contribution in [0.3, 0.4) is 0 Å². The number of imide groups is 1. The van der Waals surface area contributed by atoms with Gasteiger partial charge in [-0.25, -0.2) is 4.79 Å². The smallest absolute Gasteiger partial charge is 0.325 e. The van der Waals surface area contributed by atoms with Crippen LogP contribution in [0.15, 0.2) is 54.6 Å². The van der Waals surface area contributed by atoms with Crippen molar-refractivity contribution in [2.24, 2.45) is 0 Å². The van der Waals surface area contributed by atoms with Gasteiger partial charge in [0.1, 0.15) is 17.8 Å². The van der Waals surface area contributed by atoms with Crippen molar-refractivity contribution in [3.8, 4) is 5.75 Å². The highest BCUT2D eigenvalue weighted by Gasteiger charge is 2.47. The summed E-state index contributed by atoms with van der Waals surface area (Å²) in [6.07, 6.45) is 1.11. The lowest BCUT2D eigenvalue weighted by Crippen LogP contribution is -2.45. The number of hydrogen-bond acceptors (Lipinski definition) is 4. The summed E-state index contributed by atoms with van der Waals surface area (Å²) in [4.78, 5) is 38.4. The predicted octanol–water partition coefficient (Wildman–Crippen LogP) is 2.97. The highest BCUT2D eigenvalue weighted by atomic mass is 16.5. The molecule has 2 N–H and O–H groups in total. The summed E-state index contributed by atoms with van der Waals surface area (Å²) in [5.74, 6) is -0.126. The first kappa shape index (κ1) is 20.4. The monoisotopic (exact) mass is 395 g/mol. The number of hydrogen-bond donors (Lipinski definition) is 2. The van der Waals surface area contributed by atoms with E-state index in [0.717, 1.165) is 10.5 Å².